The minimum atomic E-state index is -0.227. The second-order valence-electron chi connectivity index (χ2n) is 6.29. The highest BCUT2D eigenvalue weighted by molar-refractivity contribution is 6.06. The van der Waals surface area contributed by atoms with Gasteiger partial charge in [0.05, 0.1) is 12.2 Å². The molecule has 0 aliphatic heterocycles. The lowest BCUT2D eigenvalue weighted by molar-refractivity contribution is 0.0998. The van der Waals surface area contributed by atoms with E-state index in [1.807, 2.05) is 73.7 Å². The first kappa shape index (κ1) is 20.4. The van der Waals surface area contributed by atoms with Gasteiger partial charge in [0.1, 0.15) is 24.7 Å². The van der Waals surface area contributed by atoms with Gasteiger partial charge in [-0.25, -0.2) is 0 Å². The molecule has 0 fully saturated rings. The Balaban J connectivity index is 1.56. The maximum atomic E-state index is 12.7. The summed E-state index contributed by atoms with van der Waals surface area (Å²) in [6.45, 7) is 3.94. The second kappa shape index (κ2) is 10.9. The Morgan fingerprint density at radius 3 is 2.31 bits per heavy atom. The smallest absolute Gasteiger partial charge is 0.259 e. The predicted octanol–water partition coefficient (Wildman–Crippen LogP) is 4.93. The Morgan fingerprint density at radius 2 is 1.55 bits per heavy atom. The predicted molar refractivity (Wildman–Crippen MR) is 114 cm³/mol. The van der Waals surface area contributed by atoms with Gasteiger partial charge in [-0.1, -0.05) is 42.5 Å². The van der Waals surface area contributed by atoms with Crippen LogP contribution in [0.25, 0.3) is 0 Å². The molecular formula is C24H25NO4. The van der Waals surface area contributed by atoms with Gasteiger partial charge in [-0.3, -0.25) is 4.79 Å². The molecule has 3 aromatic rings. The number of amides is 1. The van der Waals surface area contributed by atoms with Crippen LogP contribution in [0.15, 0.2) is 78.9 Å². The summed E-state index contributed by atoms with van der Waals surface area (Å²) in [6.07, 6.45) is 0. The Labute approximate surface area is 171 Å². The van der Waals surface area contributed by atoms with Crippen molar-refractivity contribution in [3.63, 3.8) is 0 Å². The van der Waals surface area contributed by atoms with Crippen LogP contribution >= 0.6 is 0 Å². The molecule has 150 valence electrons. The molecule has 0 unspecified atom stereocenters. The van der Waals surface area contributed by atoms with Gasteiger partial charge in [-0.15, -0.1) is 0 Å². The average molecular weight is 391 g/mol. The highest BCUT2D eigenvalue weighted by Crippen LogP contribution is 2.21. The first-order chi connectivity index (χ1) is 14.3. The van der Waals surface area contributed by atoms with E-state index in [1.165, 1.54) is 0 Å². The Morgan fingerprint density at radius 1 is 0.828 bits per heavy atom. The topological polar surface area (TPSA) is 56.8 Å². The van der Waals surface area contributed by atoms with Crippen molar-refractivity contribution in [2.45, 2.75) is 13.5 Å². The van der Waals surface area contributed by atoms with Crippen LogP contribution in [0.3, 0.4) is 0 Å². The average Bonchev–Trinajstić information content (AvgIpc) is 2.77. The van der Waals surface area contributed by atoms with Crippen LogP contribution in [0, 0.1) is 0 Å². The Bertz CT molecular complexity index is 894. The molecule has 0 aliphatic rings. The zero-order valence-electron chi connectivity index (χ0n) is 16.5. The molecule has 5 heteroatoms. The molecule has 3 rings (SSSR count). The lowest BCUT2D eigenvalue weighted by atomic mass is 10.2. The third-order valence-corrected chi connectivity index (χ3v) is 4.18. The molecule has 0 aromatic heterocycles. The standard InChI is InChI=1S/C24H25NO4/c1-2-27-16-17-28-23-11-7-6-10-22(23)24(26)25-20-12-14-21(15-13-20)29-18-19-8-4-3-5-9-19/h3-15H,2,16-18H2,1H3,(H,25,26). The maximum Gasteiger partial charge on any atom is 0.259 e. The van der Waals surface area contributed by atoms with Crippen LogP contribution in [-0.2, 0) is 11.3 Å². The van der Waals surface area contributed by atoms with Crippen LogP contribution in [0.2, 0.25) is 0 Å². The molecule has 0 heterocycles. The number of anilines is 1. The van der Waals surface area contributed by atoms with E-state index in [2.05, 4.69) is 5.32 Å². The first-order valence-corrected chi connectivity index (χ1v) is 9.64. The summed E-state index contributed by atoms with van der Waals surface area (Å²) in [7, 11) is 0. The summed E-state index contributed by atoms with van der Waals surface area (Å²) in [5.41, 5.74) is 2.27. The van der Waals surface area contributed by atoms with Crippen molar-refractivity contribution < 1.29 is 19.0 Å². The summed E-state index contributed by atoms with van der Waals surface area (Å²) in [5.74, 6) is 1.05. The quantitative estimate of drug-likeness (QED) is 0.498. The van der Waals surface area contributed by atoms with E-state index in [4.69, 9.17) is 14.2 Å². The molecule has 5 nitrogen and oxygen atoms in total. The lowest BCUT2D eigenvalue weighted by Crippen LogP contribution is -2.15. The van der Waals surface area contributed by atoms with E-state index >= 15 is 0 Å². The molecule has 0 radical (unpaired) electrons. The Kier molecular flexibility index (Phi) is 7.66. The van der Waals surface area contributed by atoms with Crippen LogP contribution in [0.4, 0.5) is 5.69 Å². The van der Waals surface area contributed by atoms with E-state index in [-0.39, 0.29) is 5.91 Å². The van der Waals surface area contributed by atoms with Gasteiger partial charge < -0.3 is 19.5 Å². The van der Waals surface area contributed by atoms with E-state index in [0.717, 1.165) is 11.3 Å². The molecule has 0 atom stereocenters. The molecule has 3 aromatic carbocycles. The normalized spacial score (nSPS) is 10.4. The largest absolute Gasteiger partial charge is 0.490 e. The fourth-order valence-electron chi connectivity index (χ4n) is 2.71. The summed E-state index contributed by atoms with van der Waals surface area (Å²) in [6, 6.07) is 24.4. The summed E-state index contributed by atoms with van der Waals surface area (Å²) in [4.78, 5) is 12.7. The molecule has 0 bridgehead atoms. The van der Waals surface area contributed by atoms with Gasteiger partial charge >= 0.3 is 0 Å². The number of carbonyl (C=O) groups excluding carboxylic acids is 1. The van der Waals surface area contributed by atoms with E-state index in [9.17, 15) is 4.79 Å². The number of benzene rings is 3. The molecule has 29 heavy (non-hydrogen) atoms. The van der Waals surface area contributed by atoms with Crippen molar-refractivity contribution in [2.24, 2.45) is 0 Å². The number of hydrogen-bond donors (Lipinski definition) is 1. The van der Waals surface area contributed by atoms with Crippen molar-refractivity contribution in [1.29, 1.82) is 0 Å². The lowest BCUT2D eigenvalue weighted by Gasteiger charge is -2.12. The fourth-order valence-corrected chi connectivity index (χ4v) is 2.71. The molecule has 0 aliphatic carbocycles. The van der Waals surface area contributed by atoms with Crippen molar-refractivity contribution >= 4 is 11.6 Å². The minimum absolute atomic E-state index is 0.227. The van der Waals surface area contributed by atoms with Crippen molar-refractivity contribution in [3.05, 3.63) is 90.0 Å². The van der Waals surface area contributed by atoms with Gasteiger partial charge in [0.25, 0.3) is 5.91 Å². The molecule has 0 saturated heterocycles. The van der Waals surface area contributed by atoms with Crippen molar-refractivity contribution in [1.82, 2.24) is 0 Å². The number of para-hydroxylation sites is 1. The zero-order chi connectivity index (χ0) is 20.3. The maximum absolute atomic E-state index is 12.7. The van der Waals surface area contributed by atoms with Gasteiger partial charge in [-0.05, 0) is 48.9 Å². The highest BCUT2D eigenvalue weighted by atomic mass is 16.5. The number of rotatable bonds is 10. The van der Waals surface area contributed by atoms with Crippen LogP contribution in [0.5, 0.6) is 11.5 Å². The summed E-state index contributed by atoms with van der Waals surface area (Å²) in [5, 5.41) is 2.90. The number of ether oxygens (including phenoxy) is 3. The van der Waals surface area contributed by atoms with Crippen molar-refractivity contribution in [3.8, 4) is 11.5 Å². The monoisotopic (exact) mass is 391 g/mol. The molecule has 1 N–H and O–H groups in total. The highest BCUT2D eigenvalue weighted by Gasteiger charge is 2.12. The van der Waals surface area contributed by atoms with Crippen LogP contribution in [-0.4, -0.2) is 25.7 Å². The van der Waals surface area contributed by atoms with E-state index < -0.39 is 0 Å². The van der Waals surface area contributed by atoms with E-state index in [1.54, 1.807) is 12.1 Å². The number of nitrogens with one attached hydrogen (secondary N) is 1. The molecule has 0 saturated carbocycles. The van der Waals surface area contributed by atoms with Crippen LogP contribution in [0.1, 0.15) is 22.8 Å². The second-order valence-corrected chi connectivity index (χ2v) is 6.29. The summed E-state index contributed by atoms with van der Waals surface area (Å²) >= 11 is 0. The number of hydrogen-bond acceptors (Lipinski definition) is 4. The molecule has 1 amide bonds. The van der Waals surface area contributed by atoms with E-state index in [0.29, 0.717) is 43.4 Å². The van der Waals surface area contributed by atoms with Crippen LogP contribution < -0.4 is 14.8 Å². The third-order valence-electron chi connectivity index (χ3n) is 4.18. The minimum Gasteiger partial charge on any atom is -0.490 e. The first-order valence-electron chi connectivity index (χ1n) is 9.64. The molecule has 0 spiro atoms. The van der Waals surface area contributed by atoms with Crippen molar-refractivity contribution in [2.75, 3.05) is 25.1 Å². The van der Waals surface area contributed by atoms with Gasteiger partial charge in [0.15, 0.2) is 0 Å². The molecular weight excluding hydrogens is 366 g/mol. The van der Waals surface area contributed by atoms with Gasteiger partial charge in [0, 0.05) is 12.3 Å². The Hall–Kier alpha value is -3.31. The SMILES string of the molecule is CCOCCOc1ccccc1C(=O)Nc1ccc(OCc2ccccc2)cc1. The zero-order valence-corrected chi connectivity index (χ0v) is 16.5. The third kappa shape index (κ3) is 6.36. The van der Waals surface area contributed by atoms with Gasteiger partial charge in [0.2, 0.25) is 0 Å². The number of carbonyl (C=O) groups is 1. The summed E-state index contributed by atoms with van der Waals surface area (Å²) < 4.78 is 16.7. The fraction of sp³-hybridized carbons (Fsp3) is 0.208. The van der Waals surface area contributed by atoms with Gasteiger partial charge in [-0.2, -0.15) is 0 Å².